The smallest absolute Gasteiger partial charge is 0.252 e. The van der Waals surface area contributed by atoms with Crippen molar-refractivity contribution in [3.63, 3.8) is 0 Å². The van der Waals surface area contributed by atoms with Crippen molar-refractivity contribution in [2.45, 2.75) is 19.9 Å². The third-order valence-corrected chi connectivity index (χ3v) is 2.64. The number of benzene rings is 1. The van der Waals surface area contributed by atoms with Crippen LogP contribution in [0.3, 0.4) is 0 Å². The van der Waals surface area contributed by atoms with Gasteiger partial charge in [-0.25, -0.2) is 14.1 Å². The van der Waals surface area contributed by atoms with E-state index in [-0.39, 0.29) is 17.7 Å². The molecule has 1 aromatic heterocycles. The molecule has 92 valence electrons. The number of aromatic nitrogens is 3. The molecule has 2 aromatic rings. The summed E-state index contributed by atoms with van der Waals surface area (Å²) in [6.07, 6.45) is 1.41. The molecule has 0 aliphatic rings. The van der Waals surface area contributed by atoms with Crippen LogP contribution in [0.4, 0.5) is 4.39 Å². The van der Waals surface area contributed by atoms with Crippen molar-refractivity contribution in [2.75, 3.05) is 0 Å². The average Bonchev–Trinajstić information content (AvgIpc) is 2.80. The Kier molecular flexibility index (Phi) is 3.08. The molecule has 2 N–H and O–H groups in total. The minimum absolute atomic E-state index is 0.0626. The van der Waals surface area contributed by atoms with Crippen LogP contribution in [0.1, 0.15) is 29.9 Å². The second kappa shape index (κ2) is 4.55. The highest BCUT2D eigenvalue weighted by Crippen LogP contribution is 2.23. The van der Waals surface area contributed by atoms with Crippen molar-refractivity contribution in [3.8, 4) is 11.8 Å². The maximum Gasteiger partial charge on any atom is 0.252 e. The summed E-state index contributed by atoms with van der Waals surface area (Å²) in [5.41, 5.74) is 7.56. The number of hydrogen-bond acceptors (Lipinski definition) is 4. The minimum Gasteiger partial charge on any atom is -0.324 e. The Balaban J connectivity index is 2.62. The fourth-order valence-corrected chi connectivity index (χ4v) is 1.68. The molecule has 0 aliphatic carbocycles. The summed E-state index contributed by atoms with van der Waals surface area (Å²) in [7, 11) is 0. The van der Waals surface area contributed by atoms with Crippen LogP contribution in [0.2, 0.25) is 0 Å². The molecule has 0 saturated heterocycles. The maximum absolute atomic E-state index is 13.6. The van der Waals surface area contributed by atoms with Crippen molar-refractivity contribution in [1.82, 2.24) is 14.8 Å². The summed E-state index contributed by atoms with van der Waals surface area (Å²) in [4.78, 5) is 3.82. The Bertz CT molecular complexity index is 624. The van der Waals surface area contributed by atoms with Gasteiger partial charge in [0.15, 0.2) is 0 Å². The summed E-state index contributed by atoms with van der Waals surface area (Å²) in [6.45, 7) is 3.42. The standard InChI is InChI=1S/C12H12FN5/c1-7-3-11(9(8(2)15)4-10(7)13)18-6-16-12(5-14)17-18/h3-4,6,8H,15H2,1-2H3/t8-/m0/s1. The van der Waals surface area contributed by atoms with E-state index in [1.54, 1.807) is 19.9 Å². The van der Waals surface area contributed by atoms with Crippen molar-refractivity contribution in [2.24, 2.45) is 5.73 Å². The molecule has 18 heavy (non-hydrogen) atoms. The van der Waals surface area contributed by atoms with E-state index in [1.165, 1.54) is 17.1 Å². The summed E-state index contributed by atoms with van der Waals surface area (Å²) >= 11 is 0. The van der Waals surface area contributed by atoms with E-state index in [0.717, 1.165) is 0 Å². The number of nitrogens with zero attached hydrogens (tertiary/aromatic N) is 4. The van der Waals surface area contributed by atoms with Crippen LogP contribution >= 0.6 is 0 Å². The average molecular weight is 245 g/mol. The molecule has 5 nitrogen and oxygen atoms in total. The molecule has 0 spiro atoms. The molecule has 0 saturated carbocycles. The lowest BCUT2D eigenvalue weighted by molar-refractivity contribution is 0.611. The monoisotopic (exact) mass is 245 g/mol. The number of aryl methyl sites for hydroxylation is 1. The van der Waals surface area contributed by atoms with E-state index in [2.05, 4.69) is 10.1 Å². The lowest BCUT2D eigenvalue weighted by atomic mass is 10.0. The quantitative estimate of drug-likeness (QED) is 0.871. The van der Waals surface area contributed by atoms with Gasteiger partial charge in [0.05, 0.1) is 5.69 Å². The van der Waals surface area contributed by atoms with Gasteiger partial charge in [0.2, 0.25) is 0 Å². The van der Waals surface area contributed by atoms with Gasteiger partial charge in [0, 0.05) is 6.04 Å². The molecule has 6 heteroatoms. The molecular formula is C12H12FN5. The molecule has 0 fully saturated rings. The fourth-order valence-electron chi connectivity index (χ4n) is 1.68. The first-order valence-electron chi connectivity index (χ1n) is 5.40. The molecular weight excluding hydrogens is 233 g/mol. The number of nitriles is 1. The van der Waals surface area contributed by atoms with Crippen LogP contribution in [-0.4, -0.2) is 14.8 Å². The molecule has 0 bridgehead atoms. The predicted octanol–water partition coefficient (Wildman–Crippen LogP) is 1.61. The summed E-state index contributed by atoms with van der Waals surface area (Å²) < 4.78 is 15.0. The van der Waals surface area contributed by atoms with E-state index in [9.17, 15) is 4.39 Å². The van der Waals surface area contributed by atoms with Crippen LogP contribution in [-0.2, 0) is 0 Å². The highest BCUT2D eigenvalue weighted by molar-refractivity contribution is 5.45. The van der Waals surface area contributed by atoms with Gasteiger partial charge >= 0.3 is 0 Å². The first kappa shape index (κ1) is 12.2. The molecule has 0 radical (unpaired) electrons. The Morgan fingerprint density at radius 2 is 2.22 bits per heavy atom. The maximum atomic E-state index is 13.6. The van der Waals surface area contributed by atoms with Crippen LogP contribution < -0.4 is 5.73 Å². The van der Waals surface area contributed by atoms with E-state index in [4.69, 9.17) is 11.0 Å². The Labute approximate surface area is 104 Å². The third-order valence-electron chi connectivity index (χ3n) is 2.64. The van der Waals surface area contributed by atoms with Gasteiger partial charge in [-0.05, 0) is 37.1 Å². The zero-order valence-corrected chi connectivity index (χ0v) is 10.1. The van der Waals surface area contributed by atoms with Gasteiger partial charge < -0.3 is 5.73 Å². The molecule has 1 heterocycles. The topological polar surface area (TPSA) is 80.5 Å². The van der Waals surface area contributed by atoms with Gasteiger partial charge in [-0.2, -0.15) is 5.26 Å². The second-order valence-corrected chi connectivity index (χ2v) is 4.07. The first-order chi connectivity index (χ1) is 8.52. The molecule has 1 aromatic carbocycles. The molecule has 1 atom stereocenters. The Morgan fingerprint density at radius 1 is 1.50 bits per heavy atom. The molecule has 0 unspecified atom stereocenters. The zero-order chi connectivity index (χ0) is 13.3. The highest BCUT2D eigenvalue weighted by Gasteiger charge is 2.13. The number of rotatable bonds is 2. The van der Waals surface area contributed by atoms with Gasteiger partial charge in [0.1, 0.15) is 18.2 Å². The van der Waals surface area contributed by atoms with Crippen LogP contribution in [0.5, 0.6) is 0 Å². The summed E-state index contributed by atoms with van der Waals surface area (Å²) in [6, 6.07) is 4.54. The van der Waals surface area contributed by atoms with Gasteiger partial charge in [-0.15, -0.1) is 5.10 Å². The number of hydrogen-bond donors (Lipinski definition) is 1. The van der Waals surface area contributed by atoms with Gasteiger partial charge in [-0.1, -0.05) is 0 Å². The zero-order valence-electron chi connectivity index (χ0n) is 10.1. The van der Waals surface area contributed by atoms with Crippen molar-refractivity contribution >= 4 is 0 Å². The van der Waals surface area contributed by atoms with E-state index < -0.39 is 0 Å². The lowest BCUT2D eigenvalue weighted by Crippen LogP contribution is -2.11. The molecule has 0 aliphatic heterocycles. The van der Waals surface area contributed by atoms with E-state index in [1.807, 2.05) is 6.07 Å². The third kappa shape index (κ3) is 2.08. The number of nitrogens with two attached hydrogens (primary N) is 1. The van der Waals surface area contributed by atoms with Crippen molar-refractivity contribution in [1.29, 1.82) is 5.26 Å². The lowest BCUT2D eigenvalue weighted by Gasteiger charge is -2.13. The van der Waals surface area contributed by atoms with Crippen molar-refractivity contribution < 1.29 is 4.39 Å². The van der Waals surface area contributed by atoms with Gasteiger partial charge in [-0.3, -0.25) is 0 Å². The van der Waals surface area contributed by atoms with Crippen LogP contribution in [0, 0.1) is 24.1 Å². The fraction of sp³-hybridized carbons (Fsp3) is 0.250. The number of halogens is 1. The summed E-state index contributed by atoms with van der Waals surface area (Å²) in [5.74, 6) is -0.251. The van der Waals surface area contributed by atoms with E-state index in [0.29, 0.717) is 16.8 Å². The first-order valence-corrected chi connectivity index (χ1v) is 5.40. The van der Waals surface area contributed by atoms with Crippen LogP contribution in [0.25, 0.3) is 5.69 Å². The Morgan fingerprint density at radius 3 is 2.78 bits per heavy atom. The van der Waals surface area contributed by atoms with Crippen LogP contribution in [0.15, 0.2) is 18.5 Å². The largest absolute Gasteiger partial charge is 0.324 e. The second-order valence-electron chi connectivity index (χ2n) is 4.07. The minimum atomic E-state index is -0.343. The Hall–Kier alpha value is -2.26. The predicted molar refractivity (Wildman–Crippen MR) is 63.4 cm³/mol. The SMILES string of the molecule is Cc1cc(-n2cnc(C#N)n2)c([C@H](C)N)cc1F. The van der Waals surface area contributed by atoms with Crippen molar-refractivity contribution in [3.05, 3.63) is 41.2 Å². The highest BCUT2D eigenvalue weighted by atomic mass is 19.1. The molecule has 2 rings (SSSR count). The molecule has 0 amide bonds. The normalized spacial score (nSPS) is 12.2. The van der Waals surface area contributed by atoms with E-state index >= 15 is 0 Å². The summed E-state index contributed by atoms with van der Waals surface area (Å²) in [5, 5.41) is 12.7. The van der Waals surface area contributed by atoms with Gasteiger partial charge in [0.25, 0.3) is 5.82 Å².